The van der Waals surface area contributed by atoms with Gasteiger partial charge in [0, 0.05) is 37.4 Å². The van der Waals surface area contributed by atoms with E-state index in [4.69, 9.17) is 4.98 Å². The molecule has 2 aliphatic carbocycles. The van der Waals surface area contributed by atoms with Crippen LogP contribution in [0.5, 0.6) is 0 Å². The van der Waals surface area contributed by atoms with Crippen molar-refractivity contribution >= 4 is 16.8 Å². The lowest BCUT2D eigenvalue weighted by Crippen LogP contribution is -2.38. The van der Waals surface area contributed by atoms with E-state index >= 15 is 0 Å². The van der Waals surface area contributed by atoms with Gasteiger partial charge in [-0.25, -0.2) is 4.98 Å². The van der Waals surface area contributed by atoms with Crippen LogP contribution in [0.2, 0.25) is 0 Å². The van der Waals surface area contributed by atoms with Crippen LogP contribution in [0.4, 0.5) is 0 Å². The van der Waals surface area contributed by atoms with Gasteiger partial charge in [0.15, 0.2) is 11.5 Å². The zero-order valence-corrected chi connectivity index (χ0v) is 16.1. The van der Waals surface area contributed by atoms with Crippen LogP contribution in [0.15, 0.2) is 24.3 Å². The van der Waals surface area contributed by atoms with Gasteiger partial charge in [0.05, 0.1) is 5.52 Å². The maximum absolute atomic E-state index is 13.4. The Morgan fingerprint density at radius 1 is 1.25 bits per heavy atom. The van der Waals surface area contributed by atoms with E-state index in [9.17, 15) is 4.79 Å². The zero-order chi connectivity index (χ0) is 18.9. The van der Waals surface area contributed by atoms with Crippen LogP contribution in [0.25, 0.3) is 10.9 Å². The summed E-state index contributed by atoms with van der Waals surface area (Å²) in [6, 6.07) is 7.94. The number of para-hydroxylation sites is 1. The van der Waals surface area contributed by atoms with E-state index in [1.165, 1.54) is 19.3 Å². The Balaban J connectivity index is 1.33. The minimum atomic E-state index is 0.0347. The summed E-state index contributed by atoms with van der Waals surface area (Å²) in [6.07, 6.45) is 5.94. The molecule has 1 atom stereocenters. The maximum Gasteiger partial charge on any atom is 0.275 e. The third-order valence-corrected chi connectivity index (χ3v) is 7.04. The number of rotatable bonds is 3. The lowest BCUT2D eigenvalue weighted by atomic mass is 9.62. The molecular formula is C21H24N6O. The van der Waals surface area contributed by atoms with Gasteiger partial charge in [0.2, 0.25) is 0 Å². The van der Waals surface area contributed by atoms with Crippen molar-refractivity contribution in [3.05, 3.63) is 41.6 Å². The molecule has 0 radical (unpaired) electrons. The predicted octanol–water partition coefficient (Wildman–Crippen LogP) is 2.98. The van der Waals surface area contributed by atoms with Crippen LogP contribution < -0.4 is 0 Å². The number of carbonyl (C=O) groups excluding carboxylic acids is 1. The number of aromatic nitrogens is 5. The van der Waals surface area contributed by atoms with Gasteiger partial charge in [-0.3, -0.25) is 14.6 Å². The van der Waals surface area contributed by atoms with Gasteiger partial charge in [-0.1, -0.05) is 24.6 Å². The van der Waals surface area contributed by atoms with Gasteiger partial charge in [-0.05, 0) is 37.2 Å². The number of fused-ring (bicyclic) bond motifs is 1. The summed E-state index contributed by atoms with van der Waals surface area (Å²) in [6.45, 7) is 1.49. The van der Waals surface area contributed by atoms with Gasteiger partial charge in [0.1, 0.15) is 5.82 Å². The fourth-order valence-electron chi connectivity index (χ4n) is 5.13. The minimum Gasteiger partial charge on any atom is -0.336 e. The number of carbonyl (C=O) groups is 1. The van der Waals surface area contributed by atoms with Crippen LogP contribution in [0.3, 0.4) is 0 Å². The molecule has 7 heteroatoms. The lowest BCUT2D eigenvalue weighted by Gasteiger charge is -2.41. The Morgan fingerprint density at radius 2 is 2.07 bits per heavy atom. The first kappa shape index (κ1) is 16.3. The highest BCUT2D eigenvalue weighted by Gasteiger charge is 2.53. The molecule has 7 nitrogen and oxygen atoms in total. The van der Waals surface area contributed by atoms with E-state index in [0.717, 1.165) is 41.9 Å². The molecule has 3 fully saturated rings. The van der Waals surface area contributed by atoms with Crippen molar-refractivity contribution < 1.29 is 4.79 Å². The molecule has 6 rings (SSSR count). The highest BCUT2D eigenvalue weighted by molar-refractivity contribution is 6.05. The molecular weight excluding hydrogens is 352 g/mol. The number of hydrogen-bond donors (Lipinski definition) is 1. The van der Waals surface area contributed by atoms with E-state index in [1.54, 1.807) is 4.68 Å². The van der Waals surface area contributed by atoms with E-state index in [-0.39, 0.29) is 17.2 Å². The van der Waals surface area contributed by atoms with Crippen LogP contribution in [0, 0.1) is 5.41 Å². The van der Waals surface area contributed by atoms with E-state index in [1.807, 2.05) is 36.2 Å². The Labute approximate surface area is 163 Å². The van der Waals surface area contributed by atoms with Crippen molar-refractivity contribution in [2.24, 2.45) is 12.5 Å². The first-order valence-electron chi connectivity index (χ1n) is 10.3. The normalized spacial score (nSPS) is 23.5. The first-order valence-corrected chi connectivity index (χ1v) is 10.3. The molecule has 1 spiro atoms. The Bertz CT molecular complexity index is 1070. The molecule has 1 unspecified atom stereocenters. The van der Waals surface area contributed by atoms with Gasteiger partial charge in [-0.15, -0.1) is 0 Å². The standard InChI is InChI=1S/C21H24N6O/c1-26-16-6-3-2-5-14(16)17(25-26)20(28)27-11-15(21(12-27)9-4-10-21)19-22-18(23-24-19)13-7-8-13/h2-3,5-6,13,15H,4,7-12H2,1H3,(H,22,23,24). The van der Waals surface area contributed by atoms with Crippen molar-refractivity contribution in [3.8, 4) is 0 Å². The molecule has 1 saturated heterocycles. The smallest absolute Gasteiger partial charge is 0.275 e. The van der Waals surface area contributed by atoms with Crippen molar-refractivity contribution in [1.29, 1.82) is 0 Å². The number of benzene rings is 1. The summed E-state index contributed by atoms with van der Waals surface area (Å²) in [5.74, 6) is 2.77. The Hall–Kier alpha value is -2.70. The average Bonchev–Trinajstić information content (AvgIpc) is 3.14. The summed E-state index contributed by atoms with van der Waals surface area (Å²) in [5, 5.41) is 13.1. The number of amides is 1. The van der Waals surface area contributed by atoms with Crippen molar-refractivity contribution in [1.82, 2.24) is 29.9 Å². The molecule has 1 amide bonds. The Morgan fingerprint density at radius 3 is 2.82 bits per heavy atom. The number of aromatic amines is 1. The fraction of sp³-hybridized carbons (Fsp3) is 0.524. The molecule has 3 aliphatic rings. The van der Waals surface area contributed by atoms with Gasteiger partial charge in [-0.2, -0.15) is 10.2 Å². The molecule has 1 aliphatic heterocycles. The summed E-state index contributed by atoms with van der Waals surface area (Å²) >= 11 is 0. The van der Waals surface area contributed by atoms with Crippen LogP contribution in [-0.2, 0) is 7.05 Å². The fourth-order valence-corrected chi connectivity index (χ4v) is 5.13. The number of nitrogens with zero attached hydrogens (tertiary/aromatic N) is 5. The van der Waals surface area contributed by atoms with Gasteiger partial charge < -0.3 is 4.90 Å². The molecule has 0 bridgehead atoms. The number of H-pyrrole nitrogens is 1. The number of aryl methyl sites for hydroxylation is 1. The molecule has 3 aromatic rings. The van der Waals surface area contributed by atoms with Crippen LogP contribution >= 0.6 is 0 Å². The second-order valence-electron chi connectivity index (χ2n) is 8.80. The highest BCUT2D eigenvalue weighted by atomic mass is 16.2. The van der Waals surface area contributed by atoms with E-state index in [2.05, 4.69) is 15.3 Å². The molecule has 3 heterocycles. The predicted molar refractivity (Wildman–Crippen MR) is 104 cm³/mol. The first-order chi connectivity index (χ1) is 13.6. The highest BCUT2D eigenvalue weighted by Crippen LogP contribution is 2.55. The molecule has 2 aromatic heterocycles. The maximum atomic E-state index is 13.4. The summed E-state index contributed by atoms with van der Waals surface area (Å²) in [7, 11) is 1.90. The topological polar surface area (TPSA) is 79.7 Å². The summed E-state index contributed by atoms with van der Waals surface area (Å²) in [4.78, 5) is 20.2. The average molecular weight is 376 g/mol. The molecule has 144 valence electrons. The second kappa shape index (κ2) is 5.65. The van der Waals surface area contributed by atoms with Crippen molar-refractivity contribution in [3.63, 3.8) is 0 Å². The SMILES string of the molecule is Cn1nc(C(=O)N2CC(c3nc(C4CC4)n[nH]3)C3(CCC3)C2)c2ccccc21. The summed E-state index contributed by atoms with van der Waals surface area (Å²) in [5.41, 5.74) is 1.70. The van der Waals surface area contributed by atoms with Crippen LogP contribution in [0.1, 0.15) is 66.1 Å². The lowest BCUT2D eigenvalue weighted by molar-refractivity contribution is 0.0719. The largest absolute Gasteiger partial charge is 0.336 e. The van der Waals surface area contributed by atoms with Crippen molar-refractivity contribution in [2.75, 3.05) is 13.1 Å². The molecule has 2 saturated carbocycles. The molecule has 1 N–H and O–H groups in total. The van der Waals surface area contributed by atoms with Gasteiger partial charge in [0.25, 0.3) is 5.91 Å². The number of nitrogens with one attached hydrogen (secondary N) is 1. The van der Waals surface area contributed by atoms with E-state index < -0.39 is 0 Å². The second-order valence-corrected chi connectivity index (χ2v) is 8.80. The zero-order valence-electron chi connectivity index (χ0n) is 16.1. The number of likely N-dealkylation sites (tertiary alicyclic amines) is 1. The molecule has 28 heavy (non-hydrogen) atoms. The molecule has 1 aromatic carbocycles. The summed E-state index contributed by atoms with van der Waals surface area (Å²) < 4.78 is 1.80. The van der Waals surface area contributed by atoms with Crippen molar-refractivity contribution in [2.45, 2.75) is 43.9 Å². The quantitative estimate of drug-likeness (QED) is 0.762. The van der Waals surface area contributed by atoms with Crippen LogP contribution in [-0.4, -0.2) is 48.9 Å². The third kappa shape index (κ3) is 2.28. The van der Waals surface area contributed by atoms with E-state index in [0.29, 0.717) is 18.2 Å². The Kier molecular flexibility index (Phi) is 3.29. The van der Waals surface area contributed by atoms with Gasteiger partial charge >= 0.3 is 0 Å². The number of hydrogen-bond acceptors (Lipinski definition) is 4. The monoisotopic (exact) mass is 376 g/mol. The minimum absolute atomic E-state index is 0.0347. The third-order valence-electron chi connectivity index (χ3n) is 7.04.